The summed E-state index contributed by atoms with van der Waals surface area (Å²) in [6.07, 6.45) is 0.894. The average molecular weight is 234 g/mol. The summed E-state index contributed by atoms with van der Waals surface area (Å²) in [7, 11) is 0. The van der Waals surface area contributed by atoms with Gasteiger partial charge >= 0.3 is 5.97 Å². The maximum Gasteiger partial charge on any atom is 0.303 e. The van der Waals surface area contributed by atoms with E-state index in [9.17, 15) is 4.79 Å². The lowest BCUT2D eigenvalue weighted by molar-refractivity contribution is -0.137. The molecule has 0 atom stereocenters. The summed E-state index contributed by atoms with van der Waals surface area (Å²) in [6.45, 7) is 10.5. The molecule has 0 unspecified atom stereocenters. The highest BCUT2D eigenvalue weighted by Crippen LogP contribution is 2.32. The molecule has 0 spiro atoms. The third-order valence-electron chi connectivity index (χ3n) is 3.53. The third kappa shape index (κ3) is 3.32. The highest BCUT2D eigenvalue weighted by Gasteiger charge is 2.23. The van der Waals surface area contributed by atoms with Crippen molar-refractivity contribution >= 4 is 5.97 Å². The molecule has 0 fully saturated rings. The van der Waals surface area contributed by atoms with Crippen LogP contribution in [0.5, 0.6) is 0 Å². The van der Waals surface area contributed by atoms with Crippen LogP contribution in [-0.2, 0) is 10.2 Å². The fraction of sp³-hybridized carbons (Fsp3) is 0.533. The number of aliphatic carboxylic acids is 1. The quantitative estimate of drug-likeness (QED) is 0.861. The van der Waals surface area contributed by atoms with Crippen molar-refractivity contribution in [1.29, 1.82) is 0 Å². The molecule has 94 valence electrons. The Balaban J connectivity index is 3.05. The monoisotopic (exact) mass is 234 g/mol. The summed E-state index contributed by atoms with van der Waals surface area (Å²) in [6, 6.07) is 4.39. The van der Waals surface area contributed by atoms with E-state index in [4.69, 9.17) is 5.11 Å². The van der Waals surface area contributed by atoms with Crippen LogP contribution in [0.3, 0.4) is 0 Å². The molecule has 1 rings (SSSR count). The van der Waals surface area contributed by atoms with Crippen LogP contribution in [-0.4, -0.2) is 11.1 Å². The first-order valence-corrected chi connectivity index (χ1v) is 6.04. The summed E-state index contributed by atoms with van der Waals surface area (Å²) in [5.74, 6) is -0.723. The van der Waals surface area contributed by atoms with Gasteiger partial charge in [-0.05, 0) is 54.9 Å². The van der Waals surface area contributed by atoms with E-state index in [0.29, 0.717) is 6.42 Å². The summed E-state index contributed by atoms with van der Waals surface area (Å²) < 4.78 is 0. The average Bonchev–Trinajstić information content (AvgIpc) is 2.20. The predicted octanol–water partition coefficient (Wildman–Crippen LogP) is 3.75. The molecule has 0 amide bonds. The first-order chi connectivity index (χ1) is 7.74. The second-order valence-electron chi connectivity index (χ2n) is 5.53. The Kier molecular flexibility index (Phi) is 3.97. The van der Waals surface area contributed by atoms with Crippen LogP contribution < -0.4 is 0 Å². The van der Waals surface area contributed by atoms with Crippen molar-refractivity contribution in [3.63, 3.8) is 0 Å². The Bertz CT molecular complexity index is 431. The van der Waals surface area contributed by atoms with Gasteiger partial charge in [-0.2, -0.15) is 0 Å². The molecule has 0 heterocycles. The Morgan fingerprint density at radius 3 is 2.18 bits per heavy atom. The van der Waals surface area contributed by atoms with Crippen molar-refractivity contribution in [3.05, 3.63) is 34.4 Å². The molecule has 0 aromatic heterocycles. The molecule has 2 heteroatoms. The van der Waals surface area contributed by atoms with E-state index in [1.807, 2.05) is 0 Å². The van der Waals surface area contributed by atoms with Gasteiger partial charge in [-0.25, -0.2) is 0 Å². The molecule has 17 heavy (non-hydrogen) atoms. The van der Waals surface area contributed by atoms with Gasteiger partial charge in [0.25, 0.3) is 0 Å². The number of benzene rings is 1. The molecule has 0 bridgehead atoms. The Hall–Kier alpha value is -1.31. The first kappa shape index (κ1) is 13.8. The van der Waals surface area contributed by atoms with Crippen molar-refractivity contribution in [2.75, 3.05) is 0 Å². The van der Waals surface area contributed by atoms with E-state index in [1.54, 1.807) is 0 Å². The zero-order valence-corrected chi connectivity index (χ0v) is 11.4. The molecule has 1 aromatic carbocycles. The van der Waals surface area contributed by atoms with E-state index in [-0.39, 0.29) is 11.8 Å². The van der Waals surface area contributed by atoms with Crippen LogP contribution in [0.15, 0.2) is 12.1 Å². The Morgan fingerprint density at radius 1 is 1.12 bits per heavy atom. The normalized spacial score (nSPS) is 11.6. The molecule has 0 radical (unpaired) electrons. The largest absolute Gasteiger partial charge is 0.481 e. The number of carboxylic acids is 1. The lowest BCUT2D eigenvalue weighted by atomic mass is 9.77. The van der Waals surface area contributed by atoms with Gasteiger partial charge in [0, 0.05) is 6.42 Å². The second-order valence-corrected chi connectivity index (χ2v) is 5.53. The van der Waals surface area contributed by atoms with Gasteiger partial charge in [0.2, 0.25) is 0 Å². The smallest absolute Gasteiger partial charge is 0.303 e. The minimum Gasteiger partial charge on any atom is -0.481 e. The van der Waals surface area contributed by atoms with Gasteiger partial charge in [-0.15, -0.1) is 0 Å². The number of hydrogen-bond acceptors (Lipinski definition) is 1. The standard InChI is InChI=1S/C15H22O2/c1-10-8-12(3)13(9-11(10)2)15(4,5)7-6-14(16)17/h8-9H,6-7H2,1-5H3,(H,16,17). The Labute approximate surface area is 104 Å². The molecular formula is C15H22O2. The number of carbonyl (C=O) groups is 1. The molecule has 1 N–H and O–H groups in total. The number of carboxylic acid groups (broad SMARTS) is 1. The number of aryl methyl sites for hydroxylation is 3. The van der Waals surface area contributed by atoms with Crippen molar-refractivity contribution in [2.24, 2.45) is 0 Å². The minimum atomic E-state index is -0.723. The lowest BCUT2D eigenvalue weighted by Gasteiger charge is -2.27. The van der Waals surface area contributed by atoms with Crippen molar-refractivity contribution in [2.45, 2.75) is 52.9 Å². The molecule has 0 aliphatic heterocycles. The molecule has 0 saturated heterocycles. The van der Waals surface area contributed by atoms with Crippen molar-refractivity contribution in [3.8, 4) is 0 Å². The van der Waals surface area contributed by atoms with Gasteiger partial charge < -0.3 is 5.11 Å². The number of hydrogen-bond donors (Lipinski definition) is 1. The third-order valence-corrected chi connectivity index (χ3v) is 3.53. The van der Waals surface area contributed by atoms with Gasteiger partial charge in [0.15, 0.2) is 0 Å². The van der Waals surface area contributed by atoms with E-state index in [2.05, 4.69) is 46.8 Å². The molecule has 1 aromatic rings. The summed E-state index contributed by atoms with van der Waals surface area (Å²) in [5, 5.41) is 8.79. The van der Waals surface area contributed by atoms with Crippen LogP contribution in [0.25, 0.3) is 0 Å². The van der Waals surface area contributed by atoms with E-state index in [1.165, 1.54) is 22.3 Å². The first-order valence-electron chi connectivity index (χ1n) is 6.04. The summed E-state index contributed by atoms with van der Waals surface area (Å²) in [5.41, 5.74) is 5.00. The van der Waals surface area contributed by atoms with Gasteiger partial charge in [0.1, 0.15) is 0 Å². The predicted molar refractivity (Wildman–Crippen MR) is 70.5 cm³/mol. The fourth-order valence-electron chi connectivity index (χ4n) is 2.24. The van der Waals surface area contributed by atoms with E-state index < -0.39 is 5.97 Å². The van der Waals surface area contributed by atoms with Crippen LogP contribution in [0.2, 0.25) is 0 Å². The summed E-state index contributed by atoms with van der Waals surface area (Å²) in [4.78, 5) is 10.7. The van der Waals surface area contributed by atoms with Crippen LogP contribution in [0.4, 0.5) is 0 Å². The lowest BCUT2D eigenvalue weighted by Crippen LogP contribution is -2.20. The molecule has 0 aliphatic carbocycles. The van der Waals surface area contributed by atoms with Crippen LogP contribution >= 0.6 is 0 Å². The molecule has 2 nitrogen and oxygen atoms in total. The molecule has 0 aliphatic rings. The fourth-order valence-corrected chi connectivity index (χ4v) is 2.24. The Morgan fingerprint density at radius 2 is 1.65 bits per heavy atom. The number of rotatable bonds is 4. The van der Waals surface area contributed by atoms with Gasteiger partial charge in [0.05, 0.1) is 0 Å². The summed E-state index contributed by atoms with van der Waals surface area (Å²) >= 11 is 0. The van der Waals surface area contributed by atoms with Gasteiger partial charge in [-0.3, -0.25) is 4.79 Å². The highest BCUT2D eigenvalue weighted by molar-refractivity contribution is 5.66. The van der Waals surface area contributed by atoms with Gasteiger partial charge in [-0.1, -0.05) is 26.0 Å². The maximum absolute atomic E-state index is 10.7. The highest BCUT2D eigenvalue weighted by atomic mass is 16.4. The van der Waals surface area contributed by atoms with E-state index in [0.717, 1.165) is 0 Å². The molecule has 0 saturated carbocycles. The van der Waals surface area contributed by atoms with Crippen molar-refractivity contribution in [1.82, 2.24) is 0 Å². The maximum atomic E-state index is 10.7. The zero-order chi connectivity index (χ0) is 13.2. The van der Waals surface area contributed by atoms with Crippen LogP contribution in [0, 0.1) is 20.8 Å². The van der Waals surface area contributed by atoms with E-state index >= 15 is 0 Å². The van der Waals surface area contributed by atoms with Crippen LogP contribution in [0.1, 0.15) is 48.9 Å². The van der Waals surface area contributed by atoms with Crippen molar-refractivity contribution < 1.29 is 9.90 Å². The molecular weight excluding hydrogens is 212 g/mol. The topological polar surface area (TPSA) is 37.3 Å². The minimum absolute atomic E-state index is 0.0824. The SMILES string of the molecule is Cc1cc(C)c(C(C)(C)CCC(=O)O)cc1C. The zero-order valence-electron chi connectivity index (χ0n) is 11.4. The second kappa shape index (κ2) is 4.91.